The van der Waals surface area contributed by atoms with Crippen molar-refractivity contribution < 1.29 is 14.3 Å². The van der Waals surface area contributed by atoms with Crippen molar-refractivity contribution in [2.24, 2.45) is 0 Å². The van der Waals surface area contributed by atoms with Crippen molar-refractivity contribution in [2.75, 3.05) is 12.0 Å². The number of fused-ring (bicyclic) bond motifs is 2. The fraction of sp³-hybridized carbons (Fsp3) is 0.136. The number of carbonyl (C=O) groups excluding carboxylic acids is 2. The lowest BCUT2D eigenvalue weighted by Crippen LogP contribution is -2.35. The first kappa shape index (κ1) is 19.1. The molecule has 4 rings (SSSR count). The number of nitriles is 1. The van der Waals surface area contributed by atoms with E-state index in [9.17, 15) is 14.9 Å². The predicted octanol–water partition coefficient (Wildman–Crippen LogP) is 3.35. The molecule has 0 saturated carbocycles. The fourth-order valence-electron chi connectivity index (χ4n) is 3.44. The van der Waals surface area contributed by atoms with Crippen LogP contribution in [0.2, 0.25) is 0 Å². The number of carbonyl (C=O) groups is 2. The van der Waals surface area contributed by atoms with Crippen molar-refractivity contribution in [1.29, 1.82) is 5.26 Å². The second-order valence-corrected chi connectivity index (χ2v) is 6.60. The topological polar surface area (TPSA) is 101 Å². The number of ether oxygens (including phenoxy) is 1. The average Bonchev–Trinajstić information content (AvgIpc) is 3.04. The van der Waals surface area contributed by atoms with Crippen LogP contribution in [0.25, 0.3) is 27.9 Å². The molecule has 0 bridgehead atoms. The fourth-order valence-corrected chi connectivity index (χ4v) is 3.44. The Bertz CT molecular complexity index is 1340. The van der Waals surface area contributed by atoms with Gasteiger partial charge >= 0.3 is 0 Å². The van der Waals surface area contributed by atoms with Gasteiger partial charge in [-0.25, -0.2) is 14.9 Å². The minimum Gasteiger partial charge on any atom is -0.497 e. The molecule has 8 nitrogen and oxygen atoms in total. The summed E-state index contributed by atoms with van der Waals surface area (Å²) in [6.07, 6.45) is 0. The maximum absolute atomic E-state index is 12.4. The molecule has 0 unspecified atom stereocenters. The highest BCUT2D eigenvalue weighted by molar-refractivity contribution is 6.15. The number of rotatable bonds is 3. The summed E-state index contributed by atoms with van der Waals surface area (Å²) in [5.74, 6) is -0.265. The van der Waals surface area contributed by atoms with E-state index in [0.717, 1.165) is 4.90 Å². The average molecular weight is 399 g/mol. The molecule has 0 aliphatic heterocycles. The lowest BCUT2D eigenvalue weighted by molar-refractivity contribution is -0.124. The molecular formula is C22H17N5O3. The van der Waals surface area contributed by atoms with E-state index >= 15 is 0 Å². The Morgan fingerprint density at radius 3 is 2.13 bits per heavy atom. The van der Waals surface area contributed by atoms with E-state index in [2.05, 4.69) is 11.1 Å². The van der Waals surface area contributed by atoms with Gasteiger partial charge in [-0.3, -0.25) is 14.2 Å². The van der Waals surface area contributed by atoms with Gasteiger partial charge in [-0.05, 0) is 36.4 Å². The second-order valence-electron chi connectivity index (χ2n) is 6.60. The van der Waals surface area contributed by atoms with Gasteiger partial charge in [0.1, 0.15) is 28.7 Å². The van der Waals surface area contributed by atoms with E-state index in [1.165, 1.54) is 13.8 Å². The van der Waals surface area contributed by atoms with Crippen LogP contribution < -0.4 is 9.64 Å². The monoisotopic (exact) mass is 399 g/mol. The molecule has 0 atom stereocenters. The van der Waals surface area contributed by atoms with E-state index in [-0.39, 0.29) is 11.4 Å². The molecule has 148 valence electrons. The van der Waals surface area contributed by atoms with Crippen LogP contribution in [0.15, 0.2) is 48.5 Å². The molecule has 2 aromatic carbocycles. The second kappa shape index (κ2) is 7.29. The number of hydrogen-bond donors (Lipinski definition) is 0. The molecule has 30 heavy (non-hydrogen) atoms. The van der Waals surface area contributed by atoms with Gasteiger partial charge < -0.3 is 4.74 Å². The van der Waals surface area contributed by atoms with Gasteiger partial charge in [-0.15, -0.1) is 0 Å². The summed E-state index contributed by atoms with van der Waals surface area (Å²) in [7, 11) is 1.56. The van der Waals surface area contributed by atoms with Crippen molar-refractivity contribution in [2.45, 2.75) is 13.8 Å². The smallest absolute Gasteiger partial charge is 0.231 e. The zero-order valence-electron chi connectivity index (χ0n) is 16.6. The summed E-state index contributed by atoms with van der Waals surface area (Å²) >= 11 is 0. The molecule has 2 heterocycles. The van der Waals surface area contributed by atoms with Crippen LogP contribution in [-0.4, -0.2) is 33.5 Å². The van der Waals surface area contributed by atoms with Crippen LogP contribution in [0.4, 0.5) is 5.82 Å². The Hall–Kier alpha value is -4.25. The highest BCUT2D eigenvalue weighted by atomic mass is 16.5. The molecular weight excluding hydrogens is 382 g/mol. The molecule has 0 aliphatic rings. The van der Waals surface area contributed by atoms with E-state index in [1.54, 1.807) is 42.0 Å². The summed E-state index contributed by atoms with van der Waals surface area (Å²) in [6.45, 7) is 2.55. The Morgan fingerprint density at radius 1 is 1.00 bits per heavy atom. The molecule has 0 aliphatic carbocycles. The Labute approximate surface area is 171 Å². The number of imide groups is 1. The van der Waals surface area contributed by atoms with Crippen molar-refractivity contribution >= 4 is 39.8 Å². The molecule has 0 saturated heterocycles. The first-order chi connectivity index (χ1) is 14.5. The molecule has 0 radical (unpaired) electrons. The number of para-hydroxylation sites is 2. The molecule has 4 aromatic rings. The summed E-state index contributed by atoms with van der Waals surface area (Å²) < 4.78 is 6.83. The summed E-state index contributed by atoms with van der Waals surface area (Å²) in [5.41, 5.74) is 2.63. The van der Waals surface area contributed by atoms with Gasteiger partial charge in [0.2, 0.25) is 11.8 Å². The van der Waals surface area contributed by atoms with E-state index < -0.39 is 11.8 Å². The third-order valence-electron chi connectivity index (χ3n) is 4.72. The Morgan fingerprint density at radius 2 is 1.60 bits per heavy atom. The van der Waals surface area contributed by atoms with Gasteiger partial charge in [-0.2, -0.15) is 5.26 Å². The number of anilines is 1. The SMILES string of the molecule is COc1ccc(-n2c(N(C(C)=O)C(C)=O)c(C#N)c3nc4ccccc4nc32)cc1. The van der Waals surface area contributed by atoms with Crippen molar-refractivity contribution in [3.63, 3.8) is 0 Å². The molecule has 8 heteroatoms. The predicted molar refractivity (Wildman–Crippen MR) is 111 cm³/mol. The number of nitrogens with zero attached hydrogens (tertiary/aromatic N) is 5. The van der Waals surface area contributed by atoms with Crippen LogP contribution in [0.5, 0.6) is 5.75 Å². The molecule has 2 aromatic heterocycles. The van der Waals surface area contributed by atoms with Crippen LogP contribution in [0.1, 0.15) is 19.4 Å². The van der Waals surface area contributed by atoms with Gasteiger partial charge in [0, 0.05) is 19.5 Å². The van der Waals surface area contributed by atoms with E-state index in [4.69, 9.17) is 9.72 Å². The number of benzene rings is 2. The van der Waals surface area contributed by atoms with Crippen molar-refractivity contribution in [3.8, 4) is 17.5 Å². The largest absolute Gasteiger partial charge is 0.497 e. The van der Waals surface area contributed by atoms with Crippen molar-refractivity contribution in [1.82, 2.24) is 14.5 Å². The first-order valence-corrected chi connectivity index (χ1v) is 9.13. The maximum atomic E-state index is 12.4. The number of amides is 2. The normalized spacial score (nSPS) is 10.7. The Kier molecular flexibility index (Phi) is 4.64. The zero-order valence-corrected chi connectivity index (χ0v) is 16.6. The lowest BCUT2D eigenvalue weighted by atomic mass is 10.2. The summed E-state index contributed by atoms with van der Waals surface area (Å²) in [5, 5.41) is 9.94. The standard InChI is InChI=1S/C22H17N5O3/c1-13(28)26(14(2)29)22-17(12-23)20-21(25-19-7-5-4-6-18(19)24-20)27(22)15-8-10-16(30-3)11-9-15/h4-11H,1-3H3. The van der Waals surface area contributed by atoms with Crippen LogP contribution in [-0.2, 0) is 9.59 Å². The van der Waals surface area contributed by atoms with Gasteiger partial charge in [-0.1, -0.05) is 12.1 Å². The molecule has 0 spiro atoms. The van der Waals surface area contributed by atoms with E-state index in [1.807, 2.05) is 18.2 Å². The molecule has 0 fully saturated rings. The first-order valence-electron chi connectivity index (χ1n) is 9.13. The highest BCUT2D eigenvalue weighted by Gasteiger charge is 2.30. The quantitative estimate of drug-likeness (QED) is 0.524. The number of hydrogen-bond acceptors (Lipinski definition) is 6. The van der Waals surface area contributed by atoms with E-state index in [0.29, 0.717) is 33.6 Å². The van der Waals surface area contributed by atoms with Crippen LogP contribution in [0, 0.1) is 11.3 Å². The summed E-state index contributed by atoms with van der Waals surface area (Å²) in [4.78, 5) is 35.0. The number of methoxy groups -OCH3 is 1. The van der Waals surface area contributed by atoms with Gasteiger partial charge in [0.05, 0.1) is 18.1 Å². The molecule has 0 N–H and O–H groups in total. The highest BCUT2D eigenvalue weighted by Crippen LogP contribution is 2.35. The van der Waals surface area contributed by atoms with Gasteiger partial charge in [0.25, 0.3) is 0 Å². The van der Waals surface area contributed by atoms with Gasteiger partial charge in [0.15, 0.2) is 5.65 Å². The number of aromatic nitrogens is 3. The zero-order chi connectivity index (χ0) is 21.4. The van der Waals surface area contributed by atoms with Crippen molar-refractivity contribution in [3.05, 3.63) is 54.1 Å². The summed E-state index contributed by atoms with van der Waals surface area (Å²) in [6, 6.07) is 16.4. The third-order valence-corrected chi connectivity index (χ3v) is 4.72. The lowest BCUT2D eigenvalue weighted by Gasteiger charge is -2.20. The van der Waals surface area contributed by atoms with Crippen LogP contribution >= 0.6 is 0 Å². The molecule has 2 amide bonds. The minimum absolute atomic E-state index is 0.101. The maximum Gasteiger partial charge on any atom is 0.231 e. The third kappa shape index (κ3) is 2.93. The van der Waals surface area contributed by atoms with Crippen LogP contribution in [0.3, 0.4) is 0 Å². The Balaban J connectivity index is 2.18. The minimum atomic E-state index is -0.513.